The smallest absolute Gasteiger partial charge is 0.330 e. The van der Waals surface area contributed by atoms with Gasteiger partial charge in [-0.15, -0.1) is 0 Å². The number of ether oxygens (including phenoxy) is 4. The second kappa shape index (κ2) is 17.3. The molecule has 0 amide bonds. The first-order valence-electron chi connectivity index (χ1n) is 17.0. The van der Waals surface area contributed by atoms with Crippen LogP contribution in [-0.4, -0.2) is 65.5 Å². The first-order valence-corrected chi connectivity index (χ1v) is 18.4. The minimum absolute atomic E-state index is 0.0491. The molecule has 0 spiro atoms. The Balaban J connectivity index is 1.59. The third-order valence-electron chi connectivity index (χ3n) is 8.77. The molecule has 1 aliphatic rings. The summed E-state index contributed by atoms with van der Waals surface area (Å²) >= 11 is 0. The molecule has 1 aromatic heterocycles. The highest BCUT2D eigenvalue weighted by Gasteiger charge is 2.44. The molecule has 12 heteroatoms. The lowest BCUT2D eigenvalue weighted by Gasteiger charge is -2.39. The molecule has 3 aromatic carbocycles. The summed E-state index contributed by atoms with van der Waals surface area (Å²) < 4.78 is 35.3. The summed E-state index contributed by atoms with van der Waals surface area (Å²) in [6.07, 6.45) is 1.96. The third-order valence-corrected chi connectivity index (χ3v) is 11.3. The topological polar surface area (TPSA) is 128 Å². The average molecular weight is 714 g/mol. The zero-order valence-corrected chi connectivity index (χ0v) is 30.8. The highest BCUT2D eigenvalue weighted by atomic mass is 31.2. The molecule has 269 valence electrons. The second-order valence-corrected chi connectivity index (χ2v) is 14.5. The summed E-state index contributed by atoms with van der Waals surface area (Å²) in [6, 6.07) is 29.4. The van der Waals surface area contributed by atoms with Crippen molar-refractivity contribution in [3.63, 3.8) is 0 Å². The largest absolute Gasteiger partial charge is 0.497 e. The van der Waals surface area contributed by atoms with Crippen LogP contribution in [-0.2, 0) is 19.6 Å². The van der Waals surface area contributed by atoms with E-state index in [-0.39, 0.29) is 18.7 Å². The Morgan fingerprint density at radius 1 is 0.882 bits per heavy atom. The molecule has 11 nitrogen and oxygen atoms in total. The summed E-state index contributed by atoms with van der Waals surface area (Å²) in [4.78, 5) is 27.2. The highest BCUT2D eigenvalue weighted by molar-refractivity contribution is 7.50. The van der Waals surface area contributed by atoms with Crippen LogP contribution in [0, 0.1) is 17.8 Å². The van der Waals surface area contributed by atoms with Crippen molar-refractivity contribution < 1.29 is 23.5 Å². The number of methoxy groups -OCH3 is 2. The van der Waals surface area contributed by atoms with E-state index < -0.39 is 43.6 Å². The number of nitriles is 1. The molecule has 5 rings (SSSR count). The van der Waals surface area contributed by atoms with E-state index in [1.165, 1.54) is 16.8 Å². The fraction of sp³-hybridized carbons (Fsp3) is 0.385. The fourth-order valence-electron chi connectivity index (χ4n) is 6.51. The van der Waals surface area contributed by atoms with Crippen molar-refractivity contribution in [2.45, 2.75) is 70.2 Å². The molecule has 4 aromatic rings. The average Bonchev–Trinajstić information content (AvgIpc) is 3.53. The van der Waals surface area contributed by atoms with E-state index in [2.05, 4.69) is 43.4 Å². The number of nitrogens with zero attached hydrogens (tertiary/aromatic N) is 3. The van der Waals surface area contributed by atoms with Gasteiger partial charge in [0.05, 0.1) is 33.0 Å². The normalized spacial score (nSPS) is 18.2. The molecule has 1 N–H and O–H groups in total. The zero-order chi connectivity index (χ0) is 36.5. The molecule has 51 heavy (non-hydrogen) atoms. The molecule has 1 radical (unpaired) electrons. The number of aromatic nitrogens is 2. The van der Waals surface area contributed by atoms with Gasteiger partial charge in [0.1, 0.15) is 37.7 Å². The quantitative estimate of drug-likeness (QED) is 0.104. The van der Waals surface area contributed by atoms with Crippen molar-refractivity contribution in [1.82, 2.24) is 14.2 Å². The van der Waals surface area contributed by atoms with Crippen molar-refractivity contribution in [3.8, 4) is 17.6 Å². The second-order valence-electron chi connectivity index (χ2n) is 12.7. The van der Waals surface area contributed by atoms with Gasteiger partial charge in [-0.2, -0.15) is 5.26 Å². The lowest BCUT2D eigenvalue weighted by Crippen LogP contribution is -2.40. The minimum atomic E-state index is -1.26. The Morgan fingerprint density at radius 2 is 1.45 bits per heavy atom. The van der Waals surface area contributed by atoms with Crippen molar-refractivity contribution in [1.29, 1.82) is 5.26 Å². The number of aromatic amines is 1. The predicted molar refractivity (Wildman–Crippen MR) is 197 cm³/mol. The van der Waals surface area contributed by atoms with E-state index in [9.17, 15) is 14.9 Å². The fourth-order valence-corrected chi connectivity index (χ4v) is 8.77. The van der Waals surface area contributed by atoms with Crippen molar-refractivity contribution in [3.05, 3.63) is 135 Å². The molecule has 1 unspecified atom stereocenters. The van der Waals surface area contributed by atoms with Gasteiger partial charge in [-0.25, -0.2) is 4.79 Å². The van der Waals surface area contributed by atoms with Gasteiger partial charge in [-0.05, 0) is 68.7 Å². The highest BCUT2D eigenvalue weighted by Crippen LogP contribution is 2.50. The lowest BCUT2D eigenvalue weighted by atomic mass is 9.80. The zero-order valence-electron chi connectivity index (χ0n) is 29.9. The van der Waals surface area contributed by atoms with Gasteiger partial charge in [-0.1, -0.05) is 54.6 Å². The monoisotopic (exact) mass is 713 g/mol. The Bertz CT molecular complexity index is 1800. The molecule has 1 saturated heterocycles. The van der Waals surface area contributed by atoms with Gasteiger partial charge in [-0.3, -0.25) is 19.0 Å². The van der Waals surface area contributed by atoms with Crippen LogP contribution in [0.1, 0.15) is 57.0 Å². The maximum atomic E-state index is 12.9. The first kappa shape index (κ1) is 37.9. The van der Waals surface area contributed by atoms with E-state index in [0.717, 1.165) is 16.7 Å². The standard InChI is InChI=1S/C39H46N4O7P/c1-27(2)43(28(3)4)51(24-10-22-40)50-34-25-37(42-23-21-36(44)41-38(42)45)49-35(34)26-48-39(29-11-8-7-9-12-29,30-13-17-32(46-5)18-14-30)31-15-19-33(47-6)20-16-31/h7-9,11-21,23,25,27-28,34-35,37H,10,24,26H2,1-6H3,(H,41,44,45)/t34-,35-,37-,51?/m1/s1. The summed E-state index contributed by atoms with van der Waals surface area (Å²) in [5.41, 5.74) is 0.378. The number of rotatable bonds is 16. The number of nitrogens with one attached hydrogen (secondary N) is 1. The Morgan fingerprint density at radius 3 is 1.96 bits per heavy atom. The maximum Gasteiger partial charge on any atom is 0.330 e. The van der Waals surface area contributed by atoms with Gasteiger partial charge in [0.25, 0.3) is 5.56 Å². The van der Waals surface area contributed by atoms with E-state index in [0.29, 0.717) is 24.1 Å². The van der Waals surface area contributed by atoms with E-state index >= 15 is 0 Å². The van der Waals surface area contributed by atoms with Crippen LogP contribution in [0.25, 0.3) is 0 Å². The summed E-state index contributed by atoms with van der Waals surface area (Å²) in [7, 11) is 2.00. The van der Waals surface area contributed by atoms with Crippen LogP contribution in [0.2, 0.25) is 0 Å². The number of hydrogen-bond donors (Lipinski definition) is 1. The minimum Gasteiger partial charge on any atom is -0.497 e. The van der Waals surface area contributed by atoms with Crippen LogP contribution in [0.5, 0.6) is 11.5 Å². The Labute approximate surface area is 300 Å². The molecular weight excluding hydrogens is 667 g/mol. The summed E-state index contributed by atoms with van der Waals surface area (Å²) in [6.45, 7) is 8.50. The molecule has 0 saturated carbocycles. The van der Waals surface area contributed by atoms with Gasteiger partial charge in [0, 0.05) is 43.4 Å². The SMILES string of the molecule is COc1ccc(C(OC[C@H]2O[C@@H](n3ccc(=O)[nH]c3=O)[CH][C@H]2OP(CCC#N)N(C(C)C)C(C)C)(c2ccccc2)c2ccc(OC)cc2)cc1. The van der Waals surface area contributed by atoms with Crippen LogP contribution >= 0.6 is 8.30 Å². The number of hydrogen-bond acceptors (Lipinski definition) is 9. The maximum absolute atomic E-state index is 12.9. The van der Waals surface area contributed by atoms with Crippen LogP contribution < -0.4 is 20.7 Å². The number of benzene rings is 3. The van der Waals surface area contributed by atoms with Gasteiger partial charge in [0.2, 0.25) is 0 Å². The molecule has 2 heterocycles. The number of H-pyrrole nitrogens is 1. The van der Waals surface area contributed by atoms with Crippen molar-refractivity contribution in [2.75, 3.05) is 27.0 Å². The van der Waals surface area contributed by atoms with Gasteiger partial charge in [0.15, 0.2) is 0 Å². The van der Waals surface area contributed by atoms with Crippen LogP contribution in [0.4, 0.5) is 0 Å². The molecule has 4 atom stereocenters. The Hall–Kier alpha value is -4.30. The van der Waals surface area contributed by atoms with Gasteiger partial charge < -0.3 is 23.5 Å². The third kappa shape index (κ3) is 8.61. The van der Waals surface area contributed by atoms with Crippen molar-refractivity contribution in [2.24, 2.45) is 0 Å². The summed E-state index contributed by atoms with van der Waals surface area (Å²) in [5, 5.41) is 9.55. The first-order chi connectivity index (χ1) is 24.6. The van der Waals surface area contributed by atoms with E-state index in [1.807, 2.05) is 85.3 Å². The van der Waals surface area contributed by atoms with Crippen LogP contribution in [0.3, 0.4) is 0 Å². The van der Waals surface area contributed by atoms with E-state index in [4.69, 9.17) is 23.5 Å². The summed E-state index contributed by atoms with van der Waals surface area (Å²) in [5.74, 6) is 1.41. The van der Waals surface area contributed by atoms with Crippen molar-refractivity contribution >= 4 is 8.30 Å². The molecule has 1 aliphatic heterocycles. The molecule has 0 bridgehead atoms. The van der Waals surface area contributed by atoms with Gasteiger partial charge >= 0.3 is 5.69 Å². The molecule has 0 aliphatic carbocycles. The lowest BCUT2D eigenvalue weighted by molar-refractivity contribution is -0.0909. The van der Waals surface area contributed by atoms with E-state index in [1.54, 1.807) is 14.2 Å². The Kier molecular flexibility index (Phi) is 12.9. The predicted octanol–water partition coefficient (Wildman–Crippen LogP) is 6.39. The molecular formula is C39H46N4O7P. The molecule has 1 fully saturated rings. The van der Waals surface area contributed by atoms with Crippen LogP contribution in [0.15, 0.2) is 101 Å².